The van der Waals surface area contributed by atoms with Crippen molar-refractivity contribution in [3.8, 4) is 17.2 Å². The quantitative estimate of drug-likeness (QED) is 0.0676. The monoisotopic (exact) mass is 579 g/mol. The van der Waals surface area contributed by atoms with Gasteiger partial charge in [0.1, 0.15) is 17.2 Å². The van der Waals surface area contributed by atoms with E-state index in [-0.39, 0.29) is 0 Å². The van der Waals surface area contributed by atoms with E-state index >= 15 is 0 Å². The molecule has 0 aliphatic rings. The summed E-state index contributed by atoms with van der Waals surface area (Å²) in [6, 6.07) is 42.2. The van der Waals surface area contributed by atoms with Crippen LogP contribution in [0, 0.1) is 0 Å². The molecule has 0 aliphatic heterocycles. The topological polar surface area (TPSA) is 48.0 Å². The SMILES string of the molecule is C=CC(=O)Oc1ccc(C=Cc2ccc(N(C=C(c3ccc(OC)cc3)c3ccc(OC)cc3)c3ccccc3)cc2)cc1. The summed E-state index contributed by atoms with van der Waals surface area (Å²) in [5.41, 5.74) is 7.26. The molecule has 0 bridgehead atoms. The molecule has 0 N–H and O–H groups in total. The minimum absolute atomic E-state index is 0.479. The second kappa shape index (κ2) is 14.4. The Labute approximate surface area is 258 Å². The molecule has 5 heteroatoms. The second-order valence-corrected chi connectivity index (χ2v) is 9.82. The summed E-state index contributed by atoms with van der Waals surface area (Å²) in [7, 11) is 3.34. The maximum Gasteiger partial charge on any atom is 0.335 e. The fraction of sp³-hybridized carbons (Fsp3) is 0.0513. The number of para-hydroxylation sites is 1. The van der Waals surface area contributed by atoms with Crippen molar-refractivity contribution in [2.24, 2.45) is 0 Å². The second-order valence-electron chi connectivity index (χ2n) is 9.82. The Morgan fingerprint density at radius 3 is 1.52 bits per heavy atom. The van der Waals surface area contributed by atoms with E-state index in [0.29, 0.717) is 5.75 Å². The lowest BCUT2D eigenvalue weighted by atomic mass is 9.98. The maximum absolute atomic E-state index is 11.4. The molecular weight excluding hydrogens is 546 g/mol. The number of carbonyl (C=O) groups excluding carboxylic acids is 1. The van der Waals surface area contributed by atoms with E-state index in [1.54, 1.807) is 26.4 Å². The molecule has 0 saturated heterocycles. The molecule has 218 valence electrons. The molecular formula is C39H33NO4. The van der Waals surface area contributed by atoms with Crippen molar-refractivity contribution in [3.05, 3.63) is 169 Å². The zero-order chi connectivity index (χ0) is 30.7. The van der Waals surface area contributed by atoms with Gasteiger partial charge in [0.25, 0.3) is 0 Å². The van der Waals surface area contributed by atoms with Crippen molar-refractivity contribution in [2.75, 3.05) is 19.1 Å². The Bertz CT molecular complexity index is 1690. The van der Waals surface area contributed by atoms with Crippen molar-refractivity contribution >= 4 is 35.1 Å². The van der Waals surface area contributed by atoms with E-state index in [1.165, 1.54) is 0 Å². The standard InChI is InChI=1S/C39H33NO4/c1-4-39(41)44-37-22-14-30(15-23-37)11-10-29-12-20-34(21-13-29)40(33-8-6-5-7-9-33)28-38(31-16-24-35(42-2)25-17-31)32-18-26-36(43-3)27-19-32/h4-28H,1H2,2-3H3. The minimum Gasteiger partial charge on any atom is -0.497 e. The maximum atomic E-state index is 11.4. The molecule has 0 spiro atoms. The van der Waals surface area contributed by atoms with Gasteiger partial charge in [-0.2, -0.15) is 0 Å². The van der Waals surface area contributed by atoms with Crippen LogP contribution in [-0.2, 0) is 4.79 Å². The molecule has 0 aromatic heterocycles. The third-order valence-corrected chi connectivity index (χ3v) is 7.00. The van der Waals surface area contributed by atoms with E-state index in [2.05, 4.69) is 84.4 Å². The molecule has 0 heterocycles. The Hall–Kier alpha value is -5.81. The lowest BCUT2D eigenvalue weighted by Crippen LogP contribution is -2.10. The summed E-state index contributed by atoms with van der Waals surface area (Å²) in [6.45, 7) is 3.42. The van der Waals surface area contributed by atoms with Crippen LogP contribution in [0.5, 0.6) is 17.2 Å². The number of ether oxygens (including phenoxy) is 3. The zero-order valence-electron chi connectivity index (χ0n) is 24.7. The van der Waals surface area contributed by atoms with Crippen LogP contribution in [0.2, 0.25) is 0 Å². The van der Waals surface area contributed by atoms with Gasteiger partial charge in [-0.05, 0) is 82.9 Å². The molecule has 5 aromatic carbocycles. The van der Waals surface area contributed by atoms with Crippen LogP contribution in [0.3, 0.4) is 0 Å². The molecule has 0 aliphatic carbocycles. The van der Waals surface area contributed by atoms with Gasteiger partial charge in [0.2, 0.25) is 0 Å². The van der Waals surface area contributed by atoms with Gasteiger partial charge in [-0.1, -0.05) is 85.5 Å². The number of anilines is 2. The summed E-state index contributed by atoms with van der Waals surface area (Å²) in [4.78, 5) is 13.6. The highest BCUT2D eigenvalue weighted by Crippen LogP contribution is 2.33. The normalized spacial score (nSPS) is 10.6. The minimum atomic E-state index is -0.479. The smallest absolute Gasteiger partial charge is 0.335 e. The van der Waals surface area contributed by atoms with E-state index in [9.17, 15) is 4.79 Å². The highest BCUT2D eigenvalue weighted by molar-refractivity contribution is 5.85. The van der Waals surface area contributed by atoms with Crippen LogP contribution >= 0.6 is 0 Å². The Morgan fingerprint density at radius 1 is 0.591 bits per heavy atom. The van der Waals surface area contributed by atoms with Gasteiger partial charge in [-0.25, -0.2) is 4.79 Å². The van der Waals surface area contributed by atoms with Crippen molar-refractivity contribution in [1.29, 1.82) is 0 Å². The average Bonchev–Trinajstić information content (AvgIpc) is 3.09. The number of nitrogens with zero attached hydrogens (tertiary/aromatic N) is 1. The Morgan fingerprint density at radius 2 is 1.05 bits per heavy atom. The predicted molar refractivity (Wildman–Crippen MR) is 179 cm³/mol. The molecule has 0 saturated carbocycles. The highest BCUT2D eigenvalue weighted by atomic mass is 16.5. The number of benzene rings is 5. The van der Waals surface area contributed by atoms with Crippen molar-refractivity contribution in [1.82, 2.24) is 0 Å². The van der Waals surface area contributed by atoms with Crippen LogP contribution in [0.4, 0.5) is 11.4 Å². The fourth-order valence-electron chi connectivity index (χ4n) is 4.62. The van der Waals surface area contributed by atoms with E-state index in [4.69, 9.17) is 14.2 Å². The molecule has 5 aromatic rings. The number of methoxy groups -OCH3 is 2. The first kappa shape index (κ1) is 29.7. The summed E-state index contributed by atoms with van der Waals surface area (Å²) in [5, 5.41) is 0. The number of hydrogen-bond donors (Lipinski definition) is 0. The van der Waals surface area contributed by atoms with Gasteiger partial charge in [0.15, 0.2) is 0 Å². The largest absolute Gasteiger partial charge is 0.497 e. The van der Waals surface area contributed by atoms with E-state index in [1.807, 2.05) is 60.7 Å². The summed E-state index contributed by atoms with van der Waals surface area (Å²) in [6.07, 6.45) is 7.39. The molecule has 0 amide bonds. The molecule has 0 fully saturated rings. The lowest BCUT2D eigenvalue weighted by molar-refractivity contribution is -0.128. The summed E-state index contributed by atoms with van der Waals surface area (Å²) < 4.78 is 16.0. The first-order valence-electron chi connectivity index (χ1n) is 14.1. The summed E-state index contributed by atoms with van der Waals surface area (Å²) in [5.74, 6) is 1.61. The van der Waals surface area contributed by atoms with E-state index in [0.717, 1.165) is 56.8 Å². The van der Waals surface area contributed by atoms with Crippen LogP contribution < -0.4 is 19.1 Å². The Balaban J connectivity index is 1.48. The molecule has 0 atom stereocenters. The Kier molecular flexibility index (Phi) is 9.70. The third kappa shape index (κ3) is 7.52. The third-order valence-electron chi connectivity index (χ3n) is 7.00. The first-order valence-corrected chi connectivity index (χ1v) is 14.1. The van der Waals surface area contributed by atoms with Gasteiger partial charge in [0.05, 0.1) is 14.2 Å². The van der Waals surface area contributed by atoms with Crippen LogP contribution in [0.1, 0.15) is 22.3 Å². The molecule has 5 rings (SSSR count). The van der Waals surface area contributed by atoms with Gasteiger partial charge in [-0.15, -0.1) is 0 Å². The van der Waals surface area contributed by atoms with E-state index < -0.39 is 5.97 Å². The average molecular weight is 580 g/mol. The first-order chi connectivity index (χ1) is 21.6. The number of carbonyl (C=O) groups is 1. The molecule has 0 unspecified atom stereocenters. The number of esters is 1. The highest BCUT2D eigenvalue weighted by Gasteiger charge is 2.13. The molecule has 0 radical (unpaired) electrons. The van der Waals surface area contributed by atoms with Crippen LogP contribution in [0.15, 0.2) is 146 Å². The van der Waals surface area contributed by atoms with Crippen molar-refractivity contribution in [2.45, 2.75) is 0 Å². The lowest BCUT2D eigenvalue weighted by Gasteiger charge is -2.23. The number of hydrogen-bond acceptors (Lipinski definition) is 5. The van der Waals surface area contributed by atoms with Crippen molar-refractivity contribution in [3.63, 3.8) is 0 Å². The van der Waals surface area contributed by atoms with Crippen LogP contribution in [0.25, 0.3) is 17.7 Å². The number of rotatable bonds is 11. The van der Waals surface area contributed by atoms with Gasteiger partial charge < -0.3 is 19.1 Å². The predicted octanol–water partition coefficient (Wildman–Crippen LogP) is 9.19. The summed E-state index contributed by atoms with van der Waals surface area (Å²) >= 11 is 0. The van der Waals surface area contributed by atoms with Gasteiger partial charge >= 0.3 is 5.97 Å². The molecule has 44 heavy (non-hydrogen) atoms. The van der Waals surface area contributed by atoms with Crippen LogP contribution in [-0.4, -0.2) is 20.2 Å². The van der Waals surface area contributed by atoms with Gasteiger partial charge in [-0.3, -0.25) is 0 Å². The van der Waals surface area contributed by atoms with Gasteiger partial charge in [0, 0.05) is 29.2 Å². The molecule has 5 nitrogen and oxygen atoms in total. The zero-order valence-corrected chi connectivity index (χ0v) is 24.7. The van der Waals surface area contributed by atoms with Crippen molar-refractivity contribution < 1.29 is 19.0 Å². The fourth-order valence-corrected chi connectivity index (χ4v) is 4.62.